The van der Waals surface area contributed by atoms with Crippen molar-refractivity contribution in [3.05, 3.63) is 24.3 Å². The van der Waals surface area contributed by atoms with E-state index in [1.54, 1.807) is 24.3 Å². The first-order chi connectivity index (χ1) is 13.0. The maximum Gasteiger partial charge on any atom is 0.292 e. The van der Waals surface area contributed by atoms with Crippen LogP contribution in [0.1, 0.15) is 19.8 Å². The van der Waals surface area contributed by atoms with Gasteiger partial charge >= 0.3 is 0 Å². The van der Waals surface area contributed by atoms with Crippen molar-refractivity contribution < 1.29 is 28.9 Å². The minimum absolute atomic E-state index is 0.143. The number of carbonyl (C=O) groups is 3. The number of imide groups is 1. The molecule has 4 N–H and O–H groups in total. The van der Waals surface area contributed by atoms with E-state index in [0.717, 1.165) is 48.1 Å². The van der Waals surface area contributed by atoms with Gasteiger partial charge in [-0.3, -0.25) is 14.4 Å². The molecule has 2 aliphatic heterocycles. The molecular weight excluding hydrogens is 348 g/mol. The van der Waals surface area contributed by atoms with E-state index in [9.17, 15) is 14.4 Å². The predicted octanol–water partition coefficient (Wildman–Crippen LogP) is -2.62. The van der Waals surface area contributed by atoms with Crippen LogP contribution >= 0.6 is 0 Å². The maximum absolute atomic E-state index is 12.9. The quantitative estimate of drug-likeness (QED) is 0.454. The van der Waals surface area contributed by atoms with E-state index in [4.69, 9.17) is 10.5 Å². The summed E-state index contributed by atoms with van der Waals surface area (Å²) in [5, 5.41) is 0. The van der Waals surface area contributed by atoms with Gasteiger partial charge in [0.25, 0.3) is 11.8 Å². The molecule has 8 heteroatoms. The fourth-order valence-electron chi connectivity index (χ4n) is 3.83. The highest BCUT2D eigenvalue weighted by Crippen LogP contribution is 2.24. The zero-order chi connectivity index (χ0) is 19.4. The van der Waals surface area contributed by atoms with E-state index in [1.165, 1.54) is 4.90 Å². The topological polar surface area (TPSA) is 98.6 Å². The highest BCUT2D eigenvalue weighted by molar-refractivity contribution is 6.21. The SMILES string of the molecule is CCCOc1ccc(N2C(=O)C[C@@H]([NH+]3CC[NH+](CC(N)=O)CC3)C2=O)cc1. The average molecular weight is 376 g/mol. The van der Waals surface area contributed by atoms with Crippen molar-refractivity contribution >= 4 is 23.4 Å². The van der Waals surface area contributed by atoms with Gasteiger partial charge in [0.1, 0.15) is 31.9 Å². The zero-order valence-electron chi connectivity index (χ0n) is 15.7. The van der Waals surface area contributed by atoms with Crippen LogP contribution in [-0.2, 0) is 14.4 Å². The molecule has 2 saturated heterocycles. The third kappa shape index (κ3) is 4.45. The van der Waals surface area contributed by atoms with Crippen LogP contribution < -0.4 is 25.2 Å². The van der Waals surface area contributed by atoms with Gasteiger partial charge in [-0.15, -0.1) is 0 Å². The molecule has 2 aliphatic rings. The number of nitrogens with two attached hydrogens (primary N) is 1. The van der Waals surface area contributed by atoms with Crippen LogP contribution in [0.2, 0.25) is 0 Å². The van der Waals surface area contributed by atoms with Crippen LogP contribution in [0.5, 0.6) is 5.75 Å². The van der Waals surface area contributed by atoms with E-state index in [0.29, 0.717) is 18.8 Å². The first-order valence-electron chi connectivity index (χ1n) is 9.55. The van der Waals surface area contributed by atoms with E-state index in [1.807, 2.05) is 6.92 Å². The number of benzene rings is 1. The van der Waals surface area contributed by atoms with Gasteiger partial charge in [0, 0.05) is 0 Å². The first-order valence-corrected chi connectivity index (χ1v) is 9.55. The summed E-state index contributed by atoms with van der Waals surface area (Å²) in [7, 11) is 0. The fraction of sp³-hybridized carbons (Fsp3) is 0.526. The Balaban J connectivity index is 1.62. The van der Waals surface area contributed by atoms with Crippen molar-refractivity contribution in [2.75, 3.05) is 44.2 Å². The highest BCUT2D eigenvalue weighted by atomic mass is 16.5. The number of carbonyl (C=O) groups excluding carboxylic acids is 3. The van der Waals surface area contributed by atoms with Crippen molar-refractivity contribution in [3.8, 4) is 5.75 Å². The van der Waals surface area contributed by atoms with Crippen molar-refractivity contribution in [1.29, 1.82) is 0 Å². The second kappa shape index (κ2) is 8.49. The number of amides is 3. The number of hydrogen-bond donors (Lipinski definition) is 3. The summed E-state index contributed by atoms with van der Waals surface area (Å²) in [4.78, 5) is 40.0. The summed E-state index contributed by atoms with van der Waals surface area (Å²) in [6, 6.07) is 6.75. The Hall–Kier alpha value is -2.45. The number of rotatable bonds is 7. The molecule has 146 valence electrons. The molecule has 0 saturated carbocycles. The molecule has 3 rings (SSSR count). The lowest BCUT2D eigenvalue weighted by atomic mass is 10.1. The van der Waals surface area contributed by atoms with Gasteiger partial charge in [-0.05, 0) is 30.7 Å². The van der Waals surface area contributed by atoms with Crippen molar-refractivity contribution in [2.45, 2.75) is 25.8 Å². The molecule has 27 heavy (non-hydrogen) atoms. The molecule has 8 nitrogen and oxygen atoms in total. The minimum atomic E-state index is -0.344. The standard InChI is InChI=1S/C19H26N4O4/c1-2-11-27-15-5-3-14(4-6-15)23-18(25)12-16(19(23)26)22-9-7-21(8-10-22)13-17(20)24/h3-6,16H,2,7-13H2,1H3,(H2,20,24)/p+2/t16-/m1/s1. The summed E-state index contributed by atoms with van der Waals surface area (Å²) in [5.41, 5.74) is 5.85. The molecule has 1 aromatic carbocycles. The van der Waals surface area contributed by atoms with Gasteiger partial charge in [-0.1, -0.05) is 6.92 Å². The maximum atomic E-state index is 12.9. The van der Waals surface area contributed by atoms with Gasteiger partial charge < -0.3 is 20.3 Å². The van der Waals surface area contributed by atoms with Gasteiger partial charge in [-0.2, -0.15) is 0 Å². The van der Waals surface area contributed by atoms with E-state index >= 15 is 0 Å². The third-order valence-corrected chi connectivity index (χ3v) is 5.23. The Bertz CT molecular complexity index is 698. The Morgan fingerprint density at radius 1 is 1.19 bits per heavy atom. The Labute approximate surface area is 158 Å². The Morgan fingerprint density at radius 3 is 2.44 bits per heavy atom. The number of nitrogens with one attached hydrogen (secondary N) is 2. The van der Waals surface area contributed by atoms with Crippen LogP contribution in [0.15, 0.2) is 24.3 Å². The lowest BCUT2D eigenvalue weighted by Gasteiger charge is -2.31. The Kier molecular flexibility index (Phi) is 6.08. The molecule has 0 spiro atoms. The second-order valence-electron chi connectivity index (χ2n) is 7.22. The molecule has 0 radical (unpaired) electrons. The number of anilines is 1. The van der Waals surface area contributed by atoms with Crippen molar-refractivity contribution in [3.63, 3.8) is 0 Å². The molecule has 0 bridgehead atoms. The summed E-state index contributed by atoms with van der Waals surface area (Å²) < 4.78 is 5.55. The van der Waals surface area contributed by atoms with Gasteiger partial charge in [0.2, 0.25) is 5.91 Å². The van der Waals surface area contributed by atoms with Crippen LogP contribution in [0.25, 0.3) is 0 Å². The molecule has 0 unspecified atom stereocenters. The molecular formula is C19H28N4O4+2. The molecule has 0 aliphatic carbocycles. The summed E-state index contributed by atoms with van der Waals surface area (Å²) >= 11 is 0. The zero-order valence-corrected chi connectivity index (χ0v) is 15.7. The lowest BCUT2D eigenvalue weighted by molar-refractivity contribution is -1.02. The predicted molar refractivity (Wildman–Crippen MR) is 98.6 cm³/mol. The van der Waals surface area contributed by atoms with Crippen molar-refractivity contribution in [1.82, 2.24) is 0 Å². The summed E-state index contributed by atoms with van der Waals surface area (Å²) in [6.07, 6.45) is 1.15. The number of primary amides is 1. The summed E-state index contributed by atoms with van der Waals surface area (Å²) in [5.74, 6) is 0.121. The highest BCUT2D eigenvalue weighted by Gasteiger charge is 2.47. The number of nitrogens with zero attached hydrogens (tertiary/aromatic N) is 1. The smallest absolute Gasteiger partial charge is 0.292 e. The number of quaternary nitrogens is 2. The van der Waals surface area contributed by atoms with Crippen LogP contribution in [0.3, 0.4) is 0 Å². The fourth-order valence-corrected chi connectivity index (χ4v) is 3.83. The normalized spacial score (nSPS) is 25.7. The van der Waals surface area contributed by atoms with Crippen LogP contribution in [0.4, 0.5) is 5.69 Å². The number of hydrogen-bond acceptors (Lipinski definition) is 4. The molecule has 3 amide bonds. The molecule has 0 aromatic heterocycles. The second-order valence-corrected chi connectivity index (χ2v) is 7.22. The lowest BCUT2D eigenvalue weighted by Crippen LogP contribution is -3.30. The molecule has 1 aromatic rings. The minimum Gasteiger partial charge on any atom is -0.494 e. The average Bonchev–Trinajstić information content (AvgIpc) is 2.95. The first kappa shape index (κ1) is 19.3. The Morgan fingerprint density at radius 2 is 1.85 bits per heavy atom. The van der Waals surface area contributed by atoms with Gasteiger partial charge in [0.05, 0.1) is 18.7 Å². The van der Waals surface area contributed by atoms with E-state index in [2.05, 4.69) is 0 Å². The van der Waals surface area contributed by atoms with Crippen LogP contribution in [-0.4, -0.2) is 63.1 Å². The molecule has 1 atom stereocenters. The van der Waals surface area contributed by atoms with E-state index < -0.39 is 0 Å². The monoisotopic (exact) mass is 376 g/mol. The number of piperazine rings is 1. The summed E-state index contributed by atoms with van der Waals surface area (Å²) in [6.45, 7) is 6.06. The van der Waals surface area contributed by atoms with Crippen molar-refractivity contribution in [2.24, 2.45) is 5.73 Å². The third-order valence-electron chi connectivity index (χ3n) is 5.23. The van der Waals surface area contributed by atoms with E-state index in [-0.39, 0.29) is 30.2 Å². The van der Waals surface area contributed by atoms with Gasteiger partial charge in [0.15, 0.2) is 12.6 Å². The molecule has 2 fully saturated rings. The number of ether oxygens (including phenoxy) is 1. The molecule has 2 heterocycles. The van der Waals surface area contributed by atoms with Crippen LogP contribution in [0, 0.1) is 0 Å². The van der Waals surface area contributed by atoms with Gasteiger partial charge in [-0.25, -0.2) is 4.90 Å². The largest absolute Gasteiger partial charge is 0.494 e.